The van der Waals surface area contributed by atoms with E-state index in [-0.39, 0.29) is 0 Å². The normalized spacial score (nSPS) is 11.9. The molecule has 0 heterocycles. The van der Waals surface area contributed by atoms with Gasteiger partial charge in [0.05, 0.1) is 0 Å². The van der Waals surface area contributed by atoms with Gasteiger partial charge in [-0.2, -0.15) is 0 Å². The molecule has 10 rings (SSSR count). The van der Waals surface area contributed by atoms with Gasteiger partial charge in [-0.05, 0) is 122 Å². The van der Waals surface area contributed by atoms with Gasteiger partial charge in [0.2, 0.25) is 0 Å². The minimum Gasteiger partial charge on any atom is -0.0616 e. The van der Waals surface area contributed by atoms with Crippen molar-refractivity contribution in [1.82, 2.24) is 0 Å². The molecule has 0 saturated heterocycles. The highest BCUT2D eigenvalue weighted by Crippen LogP contribution is 2.45. The summed E-state index contributed by atoms with van der Waals surface area (Å²) in [5, 5.41) is 18.1. The molecule has 46 heavy (non-hydrogen) atoms. The van der Waals surface area contributed by atoms with Crippen molar-refractivity contribution in [2.45, 2.75) is 0 Å². The van der Waals surface area contributed by atoms with E-state index in [2.05, 4.69) is 170 Å². The molecule has 0 bridgehead atoms. The van der Waals surface area contributed by atoms with Crippen LogP contribution in [0.15, 0.2) is 170 Å². The first kappa shape index (κ1) is 25.4. The fourth-order valence-electron chi connectivity index (χ4n) is 7.77. The summed E-state index contributed by atoms with van der Waals surface area (Å²) in [7, 11) is 0. The molecule has 0 saturated carbocycles. The second kappa shape index (κ2) is 9.76. The Hall–Kier alpha value is -5.98. The second-order valence-electron chi connectivity index (χ2n) is 12.5. The van der Waals surface area contributed by atoms with Gasteiger partial charge in [-0.1, -0.05) is 146 Å². The molecule has 212 valence electrons. The Labute approximate surface area is 266 Å². The Bertz CT molecular complexity index is 2660. The lowest BCUT2D eigenvalue weighted by Crippen LogP contribution is -1.90. The lowest BCUT2D eigenvalue weighted by atomic mass is 9.85. The zero-order valence-electron chi connectivity index (χ0n) is 25.2. The third kappa shape index (κ3) is 3.74. The van der Waals surface area contributed by atoms with Crippen molar-refractivity contribution in [2.24, 2.45) is 0 Å². The van der Waals surface area contributed by atoms with Gasteiger partial charge in [0.25, 0.3) is 0 Å². The maximum atomic E-state index is 2.41. The van der Waals surface area contributed by atoms with E-state index in [1.54, 1.807) is 0 Å². The summed E-state index contributed by atoms with van der Waals surface area (Å²) in [5.74, 6) is 0. The summed E-state index contributed by atoms with van der Waals surface area (Å²) >= 11 is 0. The lowest BCUT2D eigenvalue weighted by Gasteiger charge is -2.18. The van der Waals surface area contributed by atoms with Gasteiger partial charge >= 0.3 is 0 Å². The van der Waals surface area contributed by atoms with E-state index in [1.807, 2.05) is 0 Å². The van der Waals surface area contributed by atoms with E-state index in [9.17, 15) is 0 Å². The molecule has 0 aliphatic heterocycles. The van der Waals surface area contributed by atoms with Crippen molar-refractivity contribution < 1.29 is 0 Å². The van der Waals surface area contributed by atoms with Crippen LogP contribution in [0.4, 0.5) is 0 Å². The topological polar surface area (TPSA) is 0 Å². The Morgan fingerprint density at radius 1 is 0.196 bits per heavy atom. The second-order valence-corrected chi connectivity index (χ2v) is 12.5. The van der Waals surface area contributed by atoms with Crippen molar-refractivity contribution >= 4 is 75.4 Å². The van der Waals surface area contributed by atoms with Crippen LogP contribution in [0.1, 0.15) is 0 Å². The van der Waals surface area contributed by atoms with Crippen LogP contribution in [0.25, 0.3) is 97.7 Å². The molecule has 0 radical (unpaired) electrons. The molecule has 10 aromatic carbocycles. The fraction of sp³-hybridized carbons (Fsp3) is 0. The van der Waals surface area contributed by atoms with Crippen molar-refractivity contribution in [2.75, 3.05) is 0 Å². The minimum atomic E-state index is 1.24. The van der Waals surface area contributed by atoms with E-state index < -0.39 is 0 Å². The highest BCUT2D eigenvalue weighted by Gasteiger charge is 2.17. The maximum absolute atomic E-state index is 2.41. The molecule has 0 atom stereocenters. The minimum absolute atomic E-state index is 1.24. The molecule has 0 amide bonds. The van der Waals surface area contributed by atoms with Crippen molar-refractivity contribution in [1.29, 1.82) is 0 Å². The molecule has 0 N–H and O–H groups in total. The Morgan fingerprint density at radius 2 is 0.522 bits per heavy atom. The highest BCUT2D eigenvalue weighted by molar-refractivity contribution is 6.39. The van der Waals surface area contributed by atoms with Gasteiger partial charge in [-0.3, -0.25) is 0 Å². The highest BCUT2D eigenvalue weighted by atomic mass is 14.2. The zero-order valence-corrected chi connectivity index (χ0v) is 25.2. The molecule has 0 heteroatoms. The Kier molecular flexibility index (Phi) is 5.38. The van der Waals surface area contributed by atoms with Crippen LogP contribution in [0.3, 0.4) is 0 Å². The Morgan fingerprint density at radius 3 is 0.978 bits per heavy atom. The Balaban J connectivity index is 1.29. The van der Waals surface area contributed by atoms with Gasteiger partial charge < -0.3 is 0 Å². The van der Waals surface area contributed by atoms with Crippen molar-refractivity contribution in [3.8, 4) is 22.3 Å². The van der Waals surface area contributed by atoms with Gasteiger partial charge in [-0.25, -0.2) is 0 Å². The summed E-state index contributed by atoms with van der Waals surface area (Å²) in [6.07, 6.45) is 0. The first-order valence-corrected chi connectivity index (χ1v) is 16.0. The third-order valence-electron chi connectivity index (χ3n) is 9.97. The quantitative estimate of drug-likeness (QED) is 0.178. The molecule has 0 unspecified atom stereocenters. The number of hydrogen-bond acceptors (Lipinski definition) is 0. The first-order chi connectivity index (χ1) is 22.8. The molecule has 0 spiro atoms. The van der Waals surface area contributed by atoms with E-state index in [4.69, 9.17) is 0 Å². The van der Waals surface area contributed by atoms with E-state index >= 15 is 0 Å². The van der Waals surface area contributed by atoms with Gasteiger partial charge in [0.1, 0.15) is 0 Å². The predicted molar refractivity (Wildman–Crippen MR) is 200 cm³/mol. The summed E-state index contributed by atoms with van der Waals surface area (Å²) < 4.78 is 0. The monoisotopic (exact) mass is 580 g/mol. The summed E-state index contributed by atoms with van der Waals surface area (Å²) in [4.78, 5) is 0. The smallest absolute Gasteiger partial charge is 0.00139 e. The van der Waals surface area contributed by atoms with E-state index in [0.717, 1.165) is 0 Å². The average Bonchev–Trinajstić information content (AvgIpc) is 3.13. The van der Waals surface area contributed by atoms with Crippen LogP contribution in [0.2, 0.25) is 0 Å². The molecular weight excluding hydrogens is 553 g/mol. The lowest BCUT2D eigenvalue weighted by molar-refractivity contribution is 1.68. The van der Waals surface area contributed by atoms with Crippen molar-refractivity contribution in [3.05, 3.63) is 170 Å². The van der Waals surface area contributed by atoms with Gasteiger partial charge in [-0.15, -0.1) is 0 Å². The molecule has 0 fully saturated rings. The predicted octanol–water partition coefficient (Wildman–Crippen LogP) is 13.1. The van der Waals surface area contributed by atoms with Crippen LogP contribution in [-0.4, -0.2) is 0 Å². The van der Waals surface area contributed by atoms with E-state index in [0.29, 0.717) is 0 Å². The standard InChI is InChI=1S/C46H28/c1-3-11-31-25-33(19-17-29(31)9-1)35-21-23-41-43(27-35)37-13-5-7-15-39(37)46-42-24-22-36(34-20-18-30-10-2-4-12-32(30)26-34)28-44(42)38-14-6-8-16-40(38)45(41)46/h1-28H. The number of rotatable bonds is 2. The summed E-state index contributed by atoms with van der Waals surface area (Å²) in [6, 6.07) is 62.9. The van der Waals surface area contributed by atoms with Crippen LogP contribution in [0, 0.1) is 0 Å². The first-order valence-electron chi connectivity index (χ1n) is 16.0. The molecule has 0 aliphatic rings. The molecule has 0 aliphatic carbocycles. The number of benzene rings is 10. The van der Waals surface area contributed by atoms with Crippen LogP contribution in [-0.2, 0) is 0 Å². The molecular formula is C46H28. The SMILES string of the molecule is c1ccc2cc(-c3ccc4c(c3)c3ccccc3c3c5ccc(-c6ccc7ccccc7c6)cc5c5ccccc5c43)ccc2c1. The van der Waals surface area contributed by atoms with Crippen LogP contribution >= 0.6 is 0 Å². The number of fused-ring (bicyclic) bond motifs is 13. The van der Waals surface area contributed by atoms with Crippen molar-refractivity contribution in [3.63, 3.8) is 0 Å². The molecule has 0 aromatic heterocycles. The molecule has 0 nitrogen and oxygen atoms in total. The van der Waals surface area contributed by atoms with Crippen LogP contribution < -0.4 is 0 Å². The fourth-order valence-corrected chi connectivity index (χ4v) is 7.77. The zero-order chi connectivity index (χ0) is 30.2. The summed E-state index contributed by atoms with van der Waals surface area (Å²) in [6.45, 7) is 0. The maximum Gasteiger partial charge on any atom is -0.00139 e. The summed E-state index contributed by atoms with van der Waals surface area (Å²) in [5.41, 5.74) is 4.98. The number of hydrogen-bond donors (Lipinski definition) is 0. The van der Waals surface area contributed by atoms with Crippen LogP contribution in [0.5, 0.6) is 0 Å². The molecule has 10 aromatic rings. The van der Waals surface area contributed by atoms with E-state index in [1.165, 1.54) is 97.7 Å². The van der Waals surface area contributed by atoms with Gasteiger partial charge in [0, 0.05) is 0 Å². The largest absolute Gasteiger partial charge is 0.0616 e. The van der Waals surface area contributed by atoms with Gasteiger partial charge in [0.15, 0.2) is 0 Å². The average molecular weight is 581 g/mol. The third-order valence-corrected chi connectivity index (χ3v) is 9.97.